The van der Waals surface area contributed by atoms with Crippen molar-refractivity contribution >= 4 is 0 Å². The van der Waals surface area contributed by atoms with Gasteiger partial charge in [0.1, 0.15) is 5.75 Å². The Labute approximate surface area is 116 Å². The lowest BCUT2D eigenvalue weighted by Crippen LogP contribution is -2.40. The molecule has 3 heteroatoms. The molecule has 1 aliphatic rings. The van der Waals surface area contributed by atoms with Crippen LogP contribution in [0.2, 0.25) is 0 Å². The van der Waals surface area contributed by atoms with Crippen LogP contribution in [0.4, 0.5) is 0 Å². The Morgan fingerprint density at radius 3 is 2.63 bits per heavy atom. The monoisotopic (exact) mass is 262 g/mol. The van der Waals surface area contributed by atoms with E-state index in [9.17, 15) is 0 Å². The van der Waals surface area contributed by atoms with Crippen molar-refractivity contribution in [1.29, 1.82) is 0 Å². The summed E-state index contributed by atoms with van der Waals surface area (Å²) in [7, 11) is 0. The molecule has 1 aromatic rings. The zero-order chi connectivity index (χ0) is 13.8. The molecule has 0 fully saturated rings. The smallest absolute Gasteiger partial charge is 0.127 e. The van der Waals surface area contributed by atoms with Gasteiger partial charge in [0.05, 0.1) is 6.61 Å². The Hall–Kier alpha value is -1.06. The number of hydrogen-bond donors (Lipinski definition) is 1. The normalized spacial score (nSPS) is 22.2. The molecule has 0 aromatic heterocycles. The first-order chi connectivity index (χ1) is 9.21. The fourth-order valence-corrected chi connectivity index (χ4v) is 2.85. The standard InChI is InChI=1S/C16H26N2O/c1-4-12-8-7-9-14-15(17)13(11-19-16(12)14)10-18(5-2)6-3/h7-9,13,15H,4-6,10-11,17H2,1-3H3. The molecular weight excluding hydrogens is 236 g/mol. The van der Waals surface area contributed by atoms with Crippen LogP contribution in [0.3, 0.4) is 0 Å². The molecule has 0 saturated heterocycles. The molecule has 2 atom stereocenters. The van der Waals surface area contributed by atoms with Gasteiger partial charge in [-0.1, -0.05) is 39.0 Å². The highest BCUT2D eigenvalue weighted by atomic mass is 16.5. The molecule has 2 N–H and O–H groups in total. The summed E-state index contributed by atoms with van der Waals surface area (Å²) in [6, 6.07) is 6.45. The maximum absolute atomic E-state index is 6.47. The van der Waals surface area contributed by atoms with Crippen molar-refractivity contribution in [3.63, 3.8) is 0 Å². The van der Waals surface area contributed by atoms with E-state index in [4.69, 9.17) is 10.5 Å². The lowest BCUT2D eigenvalue weighted by molar-refractivity contribution is 0.143. The van der Waals surface area contributed by atoms with Crippen molar-refractivity contribution in [1.82, 2.24) is 4.90 Å². The predicted molar refractivity (Wildman–Crippen MR) is 79.5 cm³/mol. The van der Waals surface area contributed by atoms with Gasteiger partial charge in [-0.3, -0.25) is 0 Å². The fourth-order valence-electron chi connectivity index (χ4n) is 2.85. The van der Waals surface area contributed by atoms with Crippen LogP contribution >= 0.6 is 0 Å². The molecule has 106 valence electrons. The van der Waals surface area contributed by atoms with Gasteiger partial charge >= 0.3 is 0 Å². The summed E-state index contributed by atoms with van der Waals surface area (Å²) >= 11 is 0. The van der Waals surface area contributed by atoms with E-state index >= 15 is 0 Å². The Morgan fingerprint density at radius 1 is 1.26 bits per heavy atom. The average molecular weight is 262 g/mol. The number of nitrogens with zero attached hydrogens (tertiary/aromatic N) is 1. The first-order valence-corrected chi connectivity index (χ1v) is 7.43. The Bertz CT molecular complexity index is 415. The third-order valence-electron chi connectivity index (χ3n) is 4.20. The second kappa shape index (κ2) is 6.40. The second-order valence-electron chi connectivity index (χ2n) is 5.27. The molecule has 3 nitrogen and oxygen atoms in total. The predicted octanol–water partition coefficient (Wildman–Crippen LogP) is 2.60. The molecule has 0 aliphatic carbocycles. The van der Waals surface area contributed by atoms with Gasteiger partial charge in [-0.15, -0.1) is 0 Å². The lowest BCUT2D eigenvalue weighted by Gasteiger charge is -2.35. The van der Waals surface area contributed by atoms with Crippen LogP contribution in [-0.2, 0) is 6.42 Å². The van der Waals surface area contributed by atoms with Crippen LogP contribution in [0.1, 0.15) is 37.9 Å². The van der Waals surface area contributed by atoms with Crippen LogP contribution < -0.4 is 10.5 Å². The Morgan fingerprint density at radius 2 is 2.00 bits per heavy atom. The SMILES string of the molecule is CCc1cccc2c1OCC(CN(CC)CC)C2N. The van der Waals surface area contributed by atoms with Crippen molar-refractivity contribution in [3.05, 3.63) is 29.3 Å². The molecule has 1 heterocycles. The van der Waals surface area contributed by atoms with E-state index in [0.717, 1.165) is 38.4 Å². The molecule has 1 aliphatic heterocycles. The van der Waals surface area contributed by atoms with Crippen molar-refractivity contribution < 1.29 is 4.74 Å². The maximum Gasteiger partial charge on any atom is 0.127 e. The largest absolute Gasteiger partial charge is 0.493 e. The fraction of sp³-hybridized carbons (Fsp3) is 0.625. The van der Waals surface area contributed by atoms with Crippen LogP contribution in [0.25, 0.3) is 0 Å². The summed E-state index contributed by atoms with van der Waals surface area (Å²) in [6.07, 6.45) is 0.997. The molecule has 19 heavy (non-hydrogen) atoms. The summed E-state index contributed by atoms with van der Waals surface area (Å²) in [5.41, 5.74) is 8.92. The zero-order valence-electron chi connectivity index (χ0n) is 12.4. The number of aryl methyl sites for hydroxylation is 1. The minimum atomic E-state index is 0.0934. The van der Waals surface area contributed by atoms with Gasteiger partial charge < -0.3 is 15.4 Å². The van der Waals surface area contributed by atoms with Crippen molar-refractivity contribution in [2.75, 3.05) is 26.2 Å². The highest BCUT2D eigenvalue weighted by Crippen LogP contribution is 2.36. The Kier molecular flexibility index (Phi) is 4.83. The van der Waals surface area contributed by atoms with E-state index in [0.29, 0.717) is 5.92 Å². The van der Waals surface area contributed by atoms with Crippen molar-refractivity contribution in [3.8, 4) is 5.75 Å². The van der Waals surface area contributed by atoms with E-state index in [2.05, 4.69) is 43.9 Å². The first kappa shape index (κ1) is 14.4. The number of ether oxygens (including phenoxy) is 1. The van der Waals surface area contributed by atoms with Crippen LogP contribution in [-0.4, -0.2) is 31.1 Å². The van der Waals surface area contributed by atoms with Crippen LogP contribution in [0.5, 0.6) is 5.75 Å². The van der Waals surface area contributed by atoms with E-state index in [1.54, 1.807) is 0 Å². The number of para-hydroxylation sites is 1. The average Bonchev–Trinajstić information content (AvgIpc) is 2.46. The third-order valence-corrected chi connectivity index (χ3v) is 4.20. The maximum atomic E-state index is 6.47. The first-order valence-electron chi connectivity index (χ1n) is 7.43. The van der Waals surface area contributed by atoms with Gasteiger partial charge in [0.25, 0.3) is 0 Å². The van der Waals surface area contributed by atoms with Crippen molar-refractivity contribution in [2.24, 2.45) is 11.7 Å². The van der Waals surface area contributed by atoms with Crippen LogP contribution in [0, 0.1) is 5.92 Å². The number of benzene rings is 1. The zero-order valence-corrected chi connectivity index (χ0v) is 12.4. The molecule has 0 bridgehead atoms. The molecular formula is C16H26N2O. The third kappa shape index (κ3) is 2.93. The molecule has 0 saturated carbocycles. The topological polar surface area (TPSA) is 38.5 Å². The summed E-state index contributed by atoms with van der Waals surface area (Å²) in [5, 5.41) is 0. The van der Waals surface area contributed by atoms with Crippen molar-refractivity contribution in [2.45, 2.75) is 33.2 Å². The lowest BCUT2D eigenvalue weighted by atomic mass is 9.89. The van der Waals surface area contributed by atoms with E-state index < -0.39 is 0 Å². The minimum absolute atomic E-state index is 0.0934. The van der Waals surface area contributed by atoms with E-state index in [1.807, 2.05) is 0 Å². The van der Waals surface area contributed by atoms with Gasteiger partial charge in [-0.25, -0.2) is 0 Å². The Balaban J connectivity index is 2.17. The molecule has 2 unspecified atom stereocenters. The minimum Gasteiger partial charge on any atom is -0.493 e. The molecule has 0 amide bonds. The summed E-state index contributed by atoms with van der Waals surface area (Å²) in [4.78, 5) is 2.42. The second-order valence-corrected chi connectivity index (χ2v) is 5.27. The molecule has 0 radical (unpaired) electrons. The van der Waals surface area contributed by atoms with Crippen LogP contribution in [0.15, 0.2) is 18.2 Å². The number of hydrogen-bond acceptors (Lipinski definition) is 3. The van der Waals surface area contributed by atoms with Gasteiger partial charge in [-0.05, 0) is 25.1 Å². The van der Waals surface area contributed by atoms with Gasteiger partial charge in [0.15, 0.2) is 0 Å². The number of rotatable bonds is 5. The molecule has 1 aromatic carbocycles. The van der Waals surface area contributed by atoms with Gasteiger partial charge in [-0.2, -0.15) is 0 Å². The number of fused-ring (bicyclic) bond motifs is 1. The van der Waals surface area contributed by atoms with E-state index in [1.165, 1.54) is 11.1 Å². The summed E-state index contributed by atoms with van der Waals surface area (Å²) in [5.74, 6) is 1.42. The highest BCUT2D eigenvalue weighted by Gasteiger charge is 2.30. The highest BCUT2D eigenvalue weighted by molar-refractivity contribution is 5.45. The number of nitrogens with two attached hydrogens (primary N) is 1. The summed E-state index contributed by atoms with van der Waals surface area (Å²) in [6.45, 7) is 10.4. The van der Waals surface area contributed by atoms with Gasteiger partial charge in [0, 0.05) is 24.1 Å². The summed E-state index contributed by atoms with van der Waals surface area (Å²) < 4.78 is 6.01. The quantitative estimate of drug-likeness (QED) is 0.886. The molecule has 0 spiro atoms. The van der Waals surface area contributed by atoms with E-state index in [-0.39, 0.29) is 6.04 Å². The van der Waals surface area contributed by atoms with Gasteiger partial charge in [0.2, 0.25) is 0 Å². The molecule has 2 rings (SSSR count).